The van der Waals surface area contributed by atoms with Crippen LogP contribution in [0.5, 0.6) is 0 Å². The molecule has 0 aliphatic rings. The van der Waals surface area contributed by atoms with Crippen molar-refractivity contribution in [2.24, 2.45) is 0 Å². The van der Waals surface area contributed by atoms with Crippen LogP contribution in [0.4, 0.5) is 15.8 Å². The number of hydrogen-bond acceptors (Lipinski definition) is 4. The number of aromatic nitrogens is 1. The highest BCUT2D eigenvalue weighted by Gasteiger charge is 2.15. The van der Waals surface area contributed by atoms with Crippen molar-refractivity contribution in [2.45, 2.75) is 6.92 Å². The molecule has 2 amide bonds. The van der Waals surface area contributed by atoms with Crippen molar-refractivity contribution in [2.75, 3.05) is 10.6 Å². The minimum atomic E-state index is -0.908. The average Bonchev–Trinajstić information content (AvgIpc) is 2.90. The molecule has 0 spiro atoms. The third-order valence-corrected chi connectivity index (χ3v) is 3.43. The van der Waals surface area contributed by atoms with Gasteiger partial charge in [-0.25, -0.2) is 9.37 Å². The quantitative estimate of drug-likeness (QED) is 0.695. The Morgan fingerprint density at radius 3 is 2.38 bits per heavy atom. The molecule has 0 atom stereocenters. The van der Waals surface area contributed by atoms with Crippen molar-refractivity contribution in [1.29, 1.82) is 0 Å². The Balaban J connectivity index is 1.70. The van der Waals surface area contributed by atoms with Gasteiger partial charge in [0.25, 0.3) is 0 Å². The lowest BCUT2D eigenvalue weighted by molar-refractivity contribution is -0.132. The zero-order valence-corrected chi connectivity index (χ0v) is 13.1. The fraction of sp³-hybridized carbons (Fsp3) is 0.0625. The van der Waals surface area contributed by atoms with Crippen LogP contribution in [0.2, 0.25) is 5.02 Å². The molecule has 0 saturated carbocycles. The second-order valence-electron chi connectivity index (χ2n) is 4.95. The van der Waals surface area contributed by atoms with E-state index in [9.17, 15) is 14.0 Å². The molecule has 3 aromatic rings. The first kappa shape index (κ1) is 15.9. The van der Waals surface area contributed by atoms with Gasteiger partial charge in [0.05, 0.1) is 5.02 Å². The molecule has 2 N–H and O–H groups in total. The molecule has 1 heterocycles. The molecular weight excluding hydrogens is 337 g/mol. The predicted octanol–water partition coefficient (Wildman–Crippen LogP) is 3.51. The first-order valence-corrected chi connectivity index (χ1v) is 7.25. The normalized spacial score (nSPS) is 10.6. The van der Waals surface area contributed by atoms with Crippen LogP contribution in [0.3, 0.4) is 0 Å². The van der Waals surface area contributed by atoms with Crippen LogP contribution in [0.1, 0.15) is 5.89 Å². The van der Waals surface area contributed by atoms with E-state index >= 15 is 0 Å². The highest BCUT2D eigenvalue weighted by molar-refractivity contribution is 6.43. The Morgan fingerprint density at radius 2 is 1.71 bits per heavy atom. The third-order valence-electron chi connectivity index (χ3n) is 3.14. The molecule has 0 fully saturated rings. The average molecular weight is 348 g/mol. The largest absolute Gasteiger partial charge is 0.441 e. The highest BCUT2D eigenvalue weighted by Crippen LogP contribution is 2.21. The molecule has 6 nitrogen and oxygen atoms in total. The number of nitrogens with zero attached hydrogens (tertiary/aromatic N) is 1. The summed E-state index contributed by atoms with van der Waals surface area (Å²) >= 11 is 5.62. The summed E-state index contributed by atoms with van der Waals surface area (Å²) in [7, 11) is 0. The van der Waals surface area contributed by atoms with E-state index in [4.69, 9.17) is 16.0 Å². The Kier molecular flexibility index (Phi) is 4.18. The molecule has 0 unspecified atom stereocenters. The number of carbonyl (C=O) groups is 2. The van der Waals surface area contributed by atoms with Gasteiger partial charge in [-0.05, 0) is 36.4 Å². The number of hydrogen-bond donors (Lipinski definition) is 2. The van der Waals surface area contributed by atoms with E-state index in [0.717, 1.165) is 6.07 Å². The fourth-order valence-electron chi connectivity index (χ4n) is 2.07. The van der Waals surface area contributed by atoms with Crippen LogP contribution in [-0.4, -0.2) is 16.8 Å². The van der Waals surface area contributed by atoms with Crippen molar-refractivity contribution in [3.05, 3.63) is 53.1 Å². The summed E-state index contributed by atoms with van der Waals surface area (Å²) in [4.78, 5) is 28.0. The molecule has 122 valence electrons. The fourth-order valence-corrected chi connectivity index (χ4v) is 2.25. The van der Waals surface area contributed by atoms with Gasteiger partial charge >= 0.3 is 11.8 Å². The number of aryl methyl sites for hydroxylation is 1. The van der Waals surface area contributed by atoms with Crippen LogP contribution in [0.25, 0.3) is 11.1 Å². The Hall–Kier alpha value is -2.93. The lowest BCUT2D eigenvalue weighted by Gasteiger charge is -2.07. The van der Waals surface area contributed by atoms with Gasteiger partial charge < -0.3 is 15.1 Å². The van der Waals surface area contributed by atoms with E-state index < -0.39 is 17.6 Å². The first-order chi connectivity index (χ1) is 11.4. The maximum Gasteiger partial charge on any atom is 0.314 e. The molecule has 0 bridgehead atoms. The van der Waals surface area contributed by atoms with Crippen molar-refractivity contribution >= 4 is 45.9 Å². The zero-order valence-electron chi connectivity index (χ0n) is 12.4. The van der Waals surface area contributed by atoms with Crippen LogP contribution >= 0.6 is 11.6 Å². The number of anilines is 2. The minimum absolute atomic E-state index is 0.153. The lowest BCUT2D eigenvalue weighted by Crippen LogP contribution is -2.29. The second kappa shape index (κ2) is 6.29. The molecule has 24 heavy (non-hydrogen) atoms. The predicted molar refractivity (Wildman–Crippen MR) is 87.4 cm³/mol. The molecule has 1 aromatic heterocycles. The first-order valence-electron chi connectivity index (χ1n) is 6.87. The smallest absolute Gasteiger partial charge is 0.314 e. The van der Waals surface area contributed by atoms with Crippen LogP contribution < -0.4 is 10.6 Å². The van der Waals surface area contributed by atoms with Crippen molar-refractivity contribution < 1.29 is 18.4 Å². The molecule has 0 aliphatic carbocycles. The minimum Gasteiger partial charge on any atom is -0.441 e. The van der Waals surface area contributed by atoms with Crippen molar-refractivity contribution in [3.63, 3.8) is 0 Å². The van der Waals surface area contributed by atoms with E-state index in [-0.39, 0.29) is 10.7 Å². The van der Waals surface area contributed by atoms with Gasteiger partial charge in [-0.1, -0.05) is 11.6 Å². The number of oxazole rings is 1. The maximum atomic E-state index is 13.1. The molecule has 8 heteroatoms. The number of amides is 2. The number of rotatable bonds is 2. The molecule has 2 aromatic carbocycles. The topological polar surface area (TPSA) is 84.2 Å². The summed E-state index contributed by atoms with van der Waals surface area (Å²) in [6.45, 7) is 1.71. The third kappa shape index (κ3) is 3.36. The van der Waals surface area contributed by atoms with Crippen LogP contribution in [-0.2, 0) is 9.59 Å². The van der Waals surface area contributed by atoms with Crippen LogP contribution in [0.15, 0.2) is 40.8 Å². The van der Waals surface area contributed by atoms with Gasteiger partial charge in [0.2, 0.25) is 0 Å². The summed E-state index contributed by atoms with van der Waals surface area (Å²) in [6.07, 6.45) is 0. The van der Waals surface area contributed by atoms with E-state index in [1.165, 1.54) is 12.1 Å². The van der Waals surface area contributed by atoms with Gasteiger partial charge in [-0.2, -0.15) is 0 Å². The number of benzene rings is 2. The molecule has 0 aliphatic heterocycles. The summed E-state index contributed by atoms with van der Waals surface area (Å²) in [5.41, 5.74) is 1.75. The van der Waals surface area contributed by atoms with E-state index in [0.29, 0.717) is 22.7 Å². The summed E-state index contributed by atoms with van der Waals surface area (Å²) < 4.78 is 18.4. The van der Waals surface area contributed by atoms with Gasteiger partial charge in [0.1, 0.15) is 11.3 Å². The molecule has 0 saturated heterocycles. The number of nitrogens with one attached hydrogen (secondary N) is 2. The van der Waals surface area contributed by atoms with Crippen molar-refractivity contribution in [3.8, 4) is 0 Å². The number of carbonyl (C=O) groups excluding carboxylic acids is 2. The van der Waals surface area contributed by atoms with Gasteiger partial charge in [0, 0.05) is 18.3 Å². The molecule has 3 rings (SSSR count). The van der Waals surface area contributed by atoms with Crippen LogP contribution in [0, 0.1) is 12.7 Å². The highest BCUT2D eigenvalue weighted by atomic mass is 35.5. The molecule has 0 radical (unpaired) electrons. The summed E-state index contributed by atoms with van der Waals surface area (Å²) in [5.74, 6) is -1.90. The Bertz CT molecular complexity index is 955. The van der Waals surface area contributed by atoms with Gasteiger partial charge in [-0.3, -0.25) is 9.59 Å². The van der Waals surface area contributed by atoms with E-state index in [1.807, 2.05) is 0 Å². The lowest BCUT2D eigenvalue weighted by atomic mass is 10.2. The summed E-state index contributed by atoms with van der Waals surface area (Å²) in [5, 5.41) is 4.63. The van der Waals surface area contributed by atoms with Gasteiger partial charge in [-0.15, -0.1) is 0 Å². The Labute approximate surface area is 140 Å². The standard InChI is InChI=1S/C16H11ClFN3O3/c1-8-19-13-7-10(3-5-14(13)24-8)21-16(23)15(22)20-9-2-4-12(18)11(17)6-9/h2-7H,1H3,(H,20,22)(H,21,23). The monoisotopic (exact) mass is 347 g/mol. The number of fused-ring (bicyclic) bond motifs is 1. The number of halogens is 2. The zero-order chi connectivity index (χ0) is 17.3. The van der Waals surface area contributed by atoms with E-state index in [2.05, 4.69) is 15.6 Å². The Morgan fingerprint density at radius 1 is 1.08 bits per heavy atom. The maximum absolute atomic E-state index is 13.1. The molecular formula is C16H11ClFN3O3. The van der Waals surface area contributed by atoms with E-state index in [1.54, 1.807) is 25.1 Å². The van der Waals surface area contributed by atoms with Gasteiger partial charge in [0.15, 0.2) is 11.5 Å². The summed E-state index contributed by atoms with van der Waals surface area (Å²) in [6, 6.07) is 8.43. The SMILES string of the molecule is Cc1nc2cc(NC(=O)C(=O)Nc3ccc(F)c(Cl)c3)ccc2o1. The van der Waals surface area contributed by atoms with Crippen molar-refractivity contribution in [1.82, 2.24) is 4.98 Å². The second-order valence-corrected chi connectivity index (χ2v) is 5.36.